The first-order valence-electron chi connectivity index (χ1n) is 18.6. The number of carbonyl (C=O) groups is 1. The Labute approximate surface area is 297 Å². The zero-order chi connectivity index (χ0) is 34.6. The van der Waals surface area contributed by atoms with E-state index in [0.717, 1.165) is 40.3 Å². The number of aryl methyl sites for hydroxylation is 1. The van der Waals surface area contributed by atoms with Crippen LogP contribution in [0.2, 0.25) is 0 Å². The van der Waals surface area contributed by atoms with Gasteiger partial charge in [0.05, 0.1) is 0 Å². The van der Waals surface area contributed by atoms with Gasteiger partial charge in [0.25, 0.3) is 0 Å². The molecule has 0 bridgehead atoms. The van der Waals surface area contributed by atoms with E-state index < -0.39 is 0 Å². The van der Waals surface area contributed by atoms with E-state index in [-0.39, 0.29) is 23.1 Å². The van der Waals surface area contributed by atoms with Crippen LogP contribution < -0.4 is 9.88 Å². The van der Waals surface area contributed by atoms with E-state index in [1.54, 1.807) is 16.7 Å². The monoisotopic (exact) mass is 678 g/mol. The zero-order valence-corrected chi connectivity index (χ0v) is 31.2. The summed E-state index contributed by atoms with van der Waals surface area (Å²) < 4.78 is 1.77. The first-order chi connectivity index (χ1) is 23.7. The molecule has 1 aromatic heterocycles. The molecule has 5 nitrogen and oxygen atoms in total. The molecule has 1 aliphatic rings. The Morgan fingerprint density at radius 1 is 0.735 bits per heavy atom. The average molecular weight is 679 g/mol. The van der Waals surface area contributed by atoms with Crippen LogP contribution in [0.3, 0.4) is 0 Å². The zero-order valence-electron chi connectivity index (χ0n) is 30.0. The second-order valence-electron chi connectivity index (χ2n) is 14.9. The van der Waals surface area contributed by atoms with Crippen molar-refractivity contribution in [2.24, 2.45) is 0 Å². The molecule has 49 heavy (non-hydrogen) atoms. The van der Waals surface area contributed by atoms with Crippen LogP contribution in [0.4, 0.5) is 5.82 Å². The van der Waals surface area contributed by atoms with Crippen LogP contribution >= 0.6 is 9.24 Å². The van der Waals surface area contributed by atoms with Crippen LogP contribution in [0.5, 0.6) is 5.75 Å². The van der Waals surface area contributed by atoms with Gasteiger partial charge in [-0.2, -0.15) is 4.57 Å². The van der Waals surface area contributed by atoms with Crippen LogP contribution in [0.15, 0.2) is 79.0 Å². The van der Waals surface area contributed by atoms with Gasteiger partial charge in [-0.15, -0.1) is 9.24 Å². The number of hydrogen-bond acceptors (Lipinski definition) is 4. The predicted molar refractivity (Wildman–Crippen MR) is 207 cm³/mol. The van der Waals surface area contributed by atoms with Crippen molar-refractivity contribution in [2.75, 3.05) is 11.5 Å². The fourth-order valence-electron chi connectivity index (χ4n) is 6.77. The summed E-state index contributed by atoms with van der Waals surface area (Å²) >= 11 is 0. The molecule has 6 heteroatoms. The van der Waals surface area contributed by atoms with Gasteiger partial charge >= 0.3 is 11.7 Å². The van der Waals surface area contributed by atoms with Gasteiger partial charge in [0.15, 0.2) is 6.04 Å². The fourth-order valence-corrected chi connectivity index (χ4v) is 7.05. The Morgan fingerprint density at radius 3 is 1.88 bits per heavy atom. The van der Waals surface area contributed by atoms with Gasteiger partial charge in [0.2, 0.25) is 0 Å². The number of carbonyl (C=O) groups excluding carboxylic acids is 1. The molecule has 5 rings (SSSR count). The maximum atomic E-state index is 13.9. The molecule has 2 atom stereocenters. The molecule has 0 spiro atoms. The van der Waals surface area contributed by atoms with E-state index >= 15 is 0 Å². The minimum Gasteiger partial charge on any atom is -0.508 e. The number of aromatic hydroxyl groups is 1. The summed E-state index contributed by atoms with van der Waals surface area (Å²) in [6, 6.07) is 24.2. The summed E-state index contributed by atoms with van der Waals surface area (Å²) in [5, 5.41) is 13.4. The Morgan fingerprint density at radius 2 is 1.29 bits per heavy atom. The lowest BCUT2D eigenvalue weighted by molar-refractivity contribution is -0.552. The molecule has 2 heterocycles. The highest BCUT2D eigenvalue weighted by atomic mass is 31.0. The smallest absolute Gasteiger partial charge is 0.359 e. The van der Waals surface area contributed by atoms with Crippen molar-refractivity contribution in [3.63, 3.8) is 0 Å². The Bertz CT molecular complexity index is 1630. The van der Waals surface area contributed by atoms with Crippen molar-refractivity contribution in [1.29, 1.82) is 0 Å². The van der Waals surface area contributed by atoms with E-state index in [2.05, 4.69) is 83.9 Å². The second kappa shape index (κ2) is 17.9. The molecule has 0 amide bonds. The molecule has 4 aromatic rings. The predicted octanol–water partition coefficient (Wildman–Crippen LogP) is 10.0. The Hall–Kier alpha value is -3.56. The number of rotatable bonds is 18. The highest BCUT2D eigenvalue weighted by Crippen LogP contribution is 2.28. The first-order valence-corrected chi connectivity index (χ1v) is 19.5. The maximum absolute atomic E-state index is 13.9. The minimum absolute atomic E-state index is 0.0386. The standard InChI is InChI=1S/C43H56N3O2P/c1-43(2,3)36-24-22-35(23-25-36)40-31-46-41(38(44-40)29-34-20-26-37(47)27-21-34)45-39(42(46)48)30-33-18-16-32(17-19-33)15-13-11-9-7-5-4-6-8-10-12-14-28-49/h16-27,31,39,47H,4-15,28-30,49H2,1-3H3/p+1. The molecule has 3 aromatic carbocycles. The molecule has 0 radical (unpaired) electrons. The minimum atomic E-state index is -0.361. The lowest BCUT2D eigenvalue weighted by Gasteiger charge is -2.19. The van der Waals surface area contributed by atoms with Crippen molar-refractivity contribution in [1.82, 2.24) is 4.98 Å². The van der Waals surface area contributed by atoms with Crippen LogP contribution in [0, 0.1) is 0 Å². The van der Waals surface area contributed by atoms with E-state index in [1.165, 1.54) is 87.9 Å². The van der Waals surface area contributed by atoms with E-state index in [4.69, 9.17) is 4.98 Å². The maximum Gasteiger partial charge on any atom is 0.359 e. The van der Waals surface area contributed by atoms with Crippen molar-refractivity contribution in [3.8, 4) is 17.0 Å². The van der Waals surface area contributed by atoms with Gasteiger partial charge in [0.1, 0.15) is 23.3 Å². The van der Waals surface area contributed by atoms with Crippen LogP contribution in [0.1, 0.15) is 124 Å². The largest absolute Gasteiger partial charge is 0.508 e. The molecule has 0 saturated heterocycles. The van der Waals surface area contributed by atoms with Gasteiger partial charge in [0, 0.05) is 18.4 Å². The summed E-state index contributed by atoms with van der Waals surface area (Å²) in [5.41, 5.74) is 7.43. The molecule has 2 unspecified atom stereocenters. The average Bonchev–Trinajstić information content (AvgIpc) is 3.41. The van der Waals surface area contributed by atoms with Crippen LogP contribution in [0.25, 0.3) is 11.3 Å². The van der Waals surface area contributed by atoms with Crippen molar-refractivity contribution in [2.45, 2.75) is 122 Å². The molecule has 0 aliphatic carbocycles. The normalized spacial score (nSPS) is 14.2. The van der Waals surface area contributed by atoms with Gasteiger partial charge < -0.3 is 5.11 Å². The SMILES string of the molecule is CC(C)(C)c1ccc(-c2c[n+]3c(c(Cc4ccc(O)cc4)n2)NC(Cc2ccc(CCCCCCCCCCCCCP)cc2)C3=O)cc1. The third-order valence-corrected chi connectivity index (χ3v) is 10.3. The second-order valence-corrected chi connectivity index (χ2v) is 15.5. The first kappa shape index (κ1) is 36.7. The van der Waals surface area contributed by atoms with Gasteiger partial charge in [-0.05, 0) is 65.2 Å². The van der Waals surface area contributed by atoms with Gasteiger partial charge in [-0.1, -0.05) is 139 Å². The number of anilines is 1. The molecule has 0 fully saturated rings. The molecule has 260 valence electrons. The summed E-state index contributed by atoms with van der Waals surface area (Å²) in [7, 11) is 2.83. The number of nitrogens with zero attached hydrogens (tertiary/aromatic N) is 2. The lowest BCUT2D eigenvalue weighted by Crippen LogP contribution is -2.44. The van der Waals surface area contributed by atoms with Gasteiger partial charge in [-0.3, -0.25) is 5.32 Å². The van der Waals surface area contributed by atoms with Gasteiger partial charge in [-0.25, -0.2) is 9.78 Å². The number of phenolic OH excluding ortho intramolecular Hbond substituents is 1. The van der Waals surface area contributed by atoms with Crippen molar-refractivity contribution >= 4 is 21.0 Å². The van der Waals surface area contributed by atoms with Crippen molar-refractivity contribution in [3.05, 3.63) is 107 Å². The van der Waals surface area contributed by atoms with E-state index in [0.29, 0.717) is 12.8 Å². The number of aromatic nitrogens is 2. The van der Waals surface area contributed by atoms with Crippen LogP contribution in [-0.4, -0.2) is 28.2 Å². The number of benzene rings is 3. The summed E-state index contributed by atoms with van der Waals surface area (Å²) in [5.74, 6) is 1.02. The fraction of sp³-hybridized carbons (Fsp3) is 0.465. The quantitative estimate of drug-likeness (QED) is 0.0625. The van der Waals surface area contributed by atoms with E-state index in [1.807, 2.05) is 18.3 Å². The number of unbranched alkanes of at least 4 members (excludes halogenated alkanes) is 10. The number of nitrogens with one attached hydrogen (secondary N) is 1. The number of fused-ring (bicyclic) bond motifs is 1. The number of hydrogen-bond donors (Lipinski definition) is 2. The summed E-state index contributed by atoms with van der Waals surface area (Å²) in [4.78, 5) is 19.0. The topological polar surface area (TPSA) is 66.1 Å². The Kier molecular flexibility index (Phi) is 13.4. The Balaban J connectivity index is 1.17. The lowest BCUT2D eigenvalue weighted by atomic mass is 9.86. The molecule has 0 saturated carbocycles. The summed E-state index contributed by atoms with van der Waals surface area (Å²) in [6.45, 7) is 6.62. The third-order valence-electron chi connectivity index (χ3n) is 9.85. The highest BCUT2D eigenvalue weighted by molar-refractivity contribution is 7.16. The van der Waals surface area contributed by atoms with Crippen LogP contribution in [-0.2, 0) is 24.7 Å². The van der Waals surface area contributed by atoms with Crippen molar-refractivity contribution < 1.29 is 14.5 Å². The third kappa shape index (κ3) is 10.7. The highest BCUT2D eigenvalue weighted by Gasteiger charge is 2.41. The molecular formula is C43H57N3O2P+. The molecular weight excluding hydrogens is 621 g/mol. The summed E-state index contributed by atoms with van der Waals surface area (Å²) in [6.07, 6.45) is 20.4. The van der Waals surface area contributed by atoms with E-state index in [9.17, 15) is 9.90 Å². The number of phenols is 1. The molecule has 2 N–H and O–H groups in total. The molecule has 1 aliphatic heterocycles.